The second-order valence-electron chi connectivity index (χ2n) is 5.33. The Labute approximate surface area is 161 Å². The first-order valence-electron chi connectivity index (χ1n) is 7.73. The summed E-state index contributed by atoms with van der Waals surface area (Å²) in [6.07, 6.45) is 0. The molecule has 6 heteroatoms. The van der Waals surface area contributed by atoms with Gasteiger partial charge in [-0.1, -0.05) is 48.5 Å². The van der Waals surface area contributed by atoms with Crippen LogP contribution in [-0.2, 0) is 0 Å². The van der Waals surface area contributed by atoms with Gasteiger partial charge in [-0.05, 0) is 22.3 Å². The van der Waals surface area contributed by atoms with Gasteiger partial charge in [0.15, 0.2) is 0 Å². The van der Waals surface area contributed by atoms with E-state index < -0.39 is 0 Å². The molecule has 0 radical (unpaired) electrons. The van der Waals surface area contributed by atoms with E-state index >= 15 is 0 Å². The van der Waals surface area contributed by atoms with Crippen LogP contribution in [0.5, 0.6) is 0 Å². The average Bonchev–Trinajstić information content (AvgIpc) is 2.75. The molecule has 2 rings (SSSR count). The van der Waals surface area contributed by atoms with E-state index in [1.54, 1.807) is 48.1 Å². The summed E-state index contributed by atoms with van der Waals surface area (Å²) in [7, 11) is 0. The van der Waals surface area contributed by atoms with E-state index in [9.17, 15) is 10.5 Å². The standard InChI is InChI=1S/C22H8N6/c23-9-19(10-24)15-1-5-17(6-2-15)21(13-27)22(14-28)18-7-3-16(4-8-18)20(11-25)12-26/h1-8H/q-2/b22-21+. The summed E-state index contributed by atoms with van der Waals surface area (Å²) >= 11 is 0. The Morgan fingerprint density at radius 3 is 1.00 bits per heavy atom. The summed E-state index contributed by atoms with van der Waals surface area (Å²) in [6.45, 7) is 0. The number of hydrogen-bond donors (Lipinski definition) is 0. The molecule has 0 aliphatic heterocycles. The van der Waals surface area contributed by atoms with Crippen molar-refractivity contribution in [3.63, 3.8) is 0 Å². The van der Waals surface area contributed by atoms with Crippen molar-refractivity contribution < 1.29 is 0 Å². The van der Waals surface area contributed by atoms with Gasteiger partial charge in [-0.15, -0.1) is 0 Å². The zero-order valence-electron chi connectivity index (χ0n) is 14.3. The summed E-state index contributed by atoms with van der Waals surface area (Å²) < 4.78 is 0. The molecule has 2 aromatic carbocycles. The van der Waals surface area contributed by atoms with Crippen molar-refractivity contribution in [1.29, 1.82) is 21.0 Å². The molecule has 0 aliphatic rings. The first kappa shape index (κ1) is 19.4. The molecule has 6 nitrogen and oxygen atoms in total. The molecule has 0 N–H and O–H groups in total. The molecule has 0 bridgehead atoms. The highest BCUT2D eigenvalue weighted by molar-refractivity contribution is 6.04. The molecule has 28 heavy (non-hydrogen) atoms. The van der Waals surface area contributed by atoms with Crippen LogP contribution in [0.1, 0.15) is 22.3 Å². The van der Waals surface area contributed by atoms with Crippen LogP contribution >= 0.6 is 0 Å². The highest BCUT2D eigenvalue weighted by Gasteiger charge is 2.12. The number of benzene rings is 2. The van der Waals surface area contributed by atoms with Crippen LogP contribution < -0.4 is 0 Å². The summed E-state index contributed by atoms with van der Waals surface area (Å²) in [5.74, 6) is 3.59. The van der Waals surface area contributed by atoms with Crippen LogP contribution in [0.15, 0.2) is 48.5 Å². The summed E-state index contributed by atoms with van der Waals surface area (Å²) in [5, 5.41) is 54.8. The molecule has 0 saturated heterocycles. The third-order valence-corrected chi connectivity index (χ3v) is 3.85. The molecule has 2 aromatic rings. The fourth-order valence-electron chi connectivity index (χ4n) is 2.44. The number of allylic oxidation sites excluding steroid dienone is 4. The fourth-order valence-corrected chi connectivity index (χ4v) is 2.44. The molecular formula is C22H8N6-2. The molecule has 0 spiro atoms. The molecule has 0 aliphatic carbocycles. The van der Waals surface area contributed by atoms with E-state index in [0.717, 1.165) is 0 Å². The van der Waals surface area contributed by atoms with Crippen molar-refractivity contribution in [3.8, 4) is 24.3 Å². The minimum Gasteiger partial charge on any atom is -0.762 e. The van der Waals surface area contributed by atoms with Crippen LogP contribution in [0.4, 0.5) is 0 Å². The van der Waals surface area contributed by atoms with Crippen molar-refractivity contribution in [3.05, 3.63) is 81.6 Å². The molecule has 128 valence electrons. The second kappa shape index (κ2) is 8.94. The molecule has 0 amide bonds. The first-order valence-corrected chi connectivity index (χ1v) is 7.73. The molecule has 0 aromatic heterocycles. The van der Waals surface area contributed by atoms with Crippen molar-refractivity contribution in [2.45, 2.75) is 0 Å². The molecule has 0 saturated carbocycles. The van der Waals surface area contributed by atoms with E-state index in [2.05, 4.69) is 0 Å². The lowest BCUT2D eigenvalue weighted by atomic mass is 9.94. The minimum absolute atomic E-state index is 0.0489. The lowest BCUT2D eigenvalue weighted by Crippen LogP contribution is -1.92. The van der Waals surface area contributed by atoms with Gasteiger partial charge in [0.2, 0.25) is 0 Å². The summed E-state index contributed by atoms with van der Waals surface area (Å²) in [5.41, 5.74) is 1.92. The number of nitriles is 4. The van der Waals surface area contributed by atoms with Crippen LogP contribution in [0.2, 0.25) is 0 Å². The van der Waals surface area contributed by atoms with Gasteiger partial charge in [0, 0.05) is 0 Å². The maximum Gasteiger partial charge on any atom is 0.106 e. The van der Waals surface area contributed by atoms with Gasteiger partial charge in [-0.2, -0.15) is 21.0 Å². The fraction of sp³-hybridized carbons (Fsp3) is 0. The van der Waals surface area contributed by atoms with Gasteiger partial charge in [0.05, 0.1) is 22.3 Å². The Kier molecular flexibility index (Phi) is 6.18. The van der Waals surface area contributed by atoms with Gasteiger partial charge in [-0.3, -0.25) is 0 Å². The van der Waals surface area contributed by atoms with Gasteiger partial charge < -0.3 is 10.8 Å². The van der Waals surface area contributed by atoms with Crippen LogP contribution in [0.3, 0.4) is 0 Å². The highest BCUT2D eigenvalue weighted by Crippen LogP contribution is 2.27. The smallest absolute Gasteiger partial charge is 0.106 e. The second-order valence-corrected chi connectivity index (χ2v) is 5.33. The maximum atomic E-state index is 9.57. The quantitative estimate of drug-likeness (QED) is 0.465. The van der Waals surface area contributed by atoms with Crippen LogP contribution in [0, 0.1) is 45.3 Å². The highest BCUT2D eigenvalue weighted by atomic mass is 14.3. The van der Waals surface area contributed by atoms with Gasteiger partial charge in [0.1, 0.15) is 24.3 Å². The Bertz CT molecular complexity index is 1120. The molecule has 0 heterocycles. The van der Waals surface area contributed by atoms with Crippen molar-refractivity contribution >= 4 is 34.0 Å². The van der Waals surface area contributed by atoms with Crippen LogP contribution in [0.25, 0.3) is 33.1 Å². The predicted octanol–water partition coefficient (Wildman–Crippen LogP) is 3.94. The number of nitrogens with zero attached hydrogens (tertiary/aromatic N) is 6. The molecular weight excluding hydrogens is 348 g/mol. The summed E-state index contributed by atoms with van der Waals surface area (Å²) in [6, 6.07) is 20.0. The first-order chi connectivity index (χ1) is 13.6. The minimum atomic E-state index is -0.0489. The number of hydrogen-bond acceptors (Lipinski definition) is 4. The lowest BCUT2D eigenvalue weighted by Gasteiger charge is -2.07. The largest absolute Gasteiger partial charge is 0.762 e. The topological polar surface area (TPSA) is 140 Å². The van der Waals surface area contributed by atoms with Gasteiger partial charge in [-0.25, -0.2) is 11.7 Å². The lowest BCUT2D eigenvalue weighted by molar-refractivity contribution is 1.48. The normalized spacial score (nSPS) is 9.86. The van der Waals surface area contributed by atoms with E-state index in [1.165, 1.54) is 24.3 Å². The zero-order valence-corrected chi connectivity index (χ0v) is 14.3. The zero-order chi connectivity index (χ0) is 20.5. The Balaban J connectivity index is 2.55. The van der Waals surface area contributed by atoms with Crippen LogP contribution in [-0.4, -0.2) is 11.7 Å². The maximum absolute atomic E-state index is 9.57. The van der Waals surface area contributed by atoms with Gasteiger partial charge in [0.25, 0.3) is 0 Å². The molecule has 0 fully saturated rings. The summed E-state index contributed by atoms with van der Waals surface area (Å²) in [4.78, 5) is 0. The van der Waals surface area contributed by atoms with Crippen molar-refractivity contribution in [2.24, 2.45) is 0 Å². The third kappa shape index (κ3) is 3.82. The third-order valence-electron chi connectivity index (χ3n) is 3.85. The Hall–Kier alpha value is -4.96. The van der Waals surface area contributed by atoms with E-state index in [4.69, 9.17) is 21.3 Å². The van der Waals surface area contributed by atoms with Crippen molar-refractivity contribution in [2.75, 3.05) is 0 Å². The molecule has 0 unspecified atom stereocenters. The monoisotopic (exact) mass is 356 g/mol. The predicted molar refractivity (Wildman–Crippen MR) is 106 cm³/mol. The van der Waals surface area contributed by atoms with Crippen molar-refractivity contribution in [1.82, 2.24) is 0 Å². The molecule has 0 atom stereocenters. The Morgan fingerprint density at radius 1 is 0.500 bits per heavy atom. The Morgan fingerprint density at radius 2 is 0.786 bits per heavy atom. The average molecular weight is 356 g/mol. The van der Waals surface area contributed by atoms with E-state index in [0.29, 0.717) is 22.3 Å². The van der Waals surface area contributed by atoms with E-state index in [-0.39, 0.29) is 22.3 Å². The van der Waals surface area contributed by atoms with E-state index in [1.807, 2.05) is 12.1 Å². The number of rotatable bonds is 4. The SMILES string of the molecule is N#CC(=C=[N-])c1ccc(/C(C#N)=C(\C#N)c2ccc(C(=C=[N-])C#N)cc2)cc1. The van der Waals surface area contributed by atoms with Gasteiger partial charge >= 0.3 is 0 Å².